The molecule has 3 heterocycles. The van der Waals surface area contributed by atoms with E-state index >= 15 is 0 Å². The van der Waals surface area contributed by atoms with Crippen LogP contribution in [0.25, 0.3) is 17.1 Å². The largest absolute Gasteiger partial charge is 0.465 e. The van der Waals surface area contributed by atoms with E-state index in [2.05, 4.69) is 14.9 Å². The molecule has 1 saturated heterocycles. The molecule has 25 heavy (non-hydrogen) atoms. The van der Waals surface area contributed by atoms with Crippen LogP contribution in [0, 0.1) is 0 Å². The van der Waals surface area contributed by atoms with Crippen molar-refractivity contribution in [1.82, 2.24) is 19.8 Å². The second kappa shape index (κ2) is 6.94. The Morgan fingerprint density at radius 1 is 1.16 bits per heavy atom. The normalized spacial score (nSPS) is 16.1. The van der Waals surface area contributed by atoms with Crippen LogP contribution in [0.15, 0.2) is 53.2 Å². The van der Waals surface area contributed by atoms with Gasteiger partial charge in [0.15, 0.2) is 0 Å². The maximum Gasteiger partial charge on any atom is 0.246 e. The van der Waals surface area contributed by atoms with Gasteiger partial charge in [0.05, 0.1) is 23.8 Å². The molecule has 6 nitrogen and oxygen atoms in total. The van der Waals surface area contributed by atoms with E-state index in [4.69, 9.17) is 4.42 Å². The predicted octanol–water partition coefficient (Wildman–Crippen LogP) is 2.51. The van der Waals surface area contributed by atoms with Crippen LogP contribution in [0.3, 0.4) is 0 Å². The molecular formula is C19H20N4O2. The molecule has 4 rings (SSSR count). The molecule has 1 N–H and O–H groups in total. The molecule has 1 aliphatic rings. The van der Waals surface area contributed by atoms with Gasteiger partial charge in [-0.3, -0.25) is 9.69 Å². The van der Waals surface area contributed by atoms with E-state index in [1.165, 1.54) is 0 Å². The fraction of sp³-hybridized carbons (Fsp3) is 0.263. The van der Waals surface area contributed by atoms with E-state index in [0.717, 1.165) is 49.6 Å². The van der Waals surface area contributed by atoms with Crippen molar-refractivity contribution in [3.8, 4) is 0 Å². The number of benzene rings is 1. The lowest BCUT2D eigenvalue weighted by Crippen LogP contribution is -2.47. The molecule has 0 bridgehead atoms. The number of imidazole rings is 1. The Bertz CT molecular complexity index is 841. The fourth-order valence-corrected chi connectivity index (χ4v) is 3.06. The highest BCUT2D eigenvalue weighted by atomic mass is 16.3. The van der Waals surface area contributed by atoms with Crippen molar-refractivity contribution in [2.45, 2.75) is 6.54 Å². The van der Waals surface area contributed by atoms with Gasteiger partial charge in [0.2, 0.25) is 5.91 Å². The second-order valence-corrected chi connectivity index (χ2v) is 6.15. The van der Waals surface area contributed by atoms with Crippen LogP contribution in [0.2, 0.25) is 0 Å². The highest BCUT2D eigenvalue weighted by molar-refractivity contribution is 5.91. The molecule has 0 saturated carbocycles. The number of carbonyl (C=O) groups excluding carboxylic acids is 1. The number of rotatable bonds is 4. The first-order valence-electron chi connectivity index (χ1n) is 8.44. The zero-order chi connectivity index (χ0) is 17.1. The molecule has 1 aliphatic heterocycles. The van der Waals surface area contributed by atoms with E-state index in [9.17, 15) is 4.79 Å². The minimum Gasteiger partial charge on any atom is -0.465 e. The summed E-state index contributed by atoms with van der Waals surface area (Å²) in [6, 6.07) is 11.7. The van der Waals surface area contributed by atoms with Crippen molar-refractivity contribution >= 4 is 23.0 Å². The van der Waals surface area contributed by atoms with Gasteiger partial charge in [0.1, 0.15) is 11.6 Å². The summed E-state index contributed by atoms with van der Waals surface area (Å²) in [5.74, 6) is 1.69. The van der Waals surface area contributed by atoms with E-state index < -0.39 is 0 Å². The summed E-state index contributed by atoms with van der Waals surface area (Å²) in [5.41, 5.74) is 2.06. The highest BCUT2D eigenvalue weighted by Crippen LogP contribution is 2.13. The number of hydrogen-bond acceptors (Lipinski definition) is 4. The number of fused-ring (bicyclic) bond motifs is 1. The van der Waals surface area contributed by atoms with Gasteiger partial charge in [-0.2, -0.15) is 0 Å². The van der Waals surface area contributed by atoms with E-state index in [1.807, 2.05) is 35.2 Å². The molecule has 0 spiro atoms. The third-order valence-corrected chi connectivity index (χ3v) is 4.43. The lowest BCUT2D eigenvalue weighted by atomic mass is 10.3. The number of nitrogens with zero attached hydrogens (tertiary/aromatic N) is 3. The van der Waals surface area contributed by atoms with Crippen molar-refractivity contribution in [2.24, 2.45) is 0 Å². The van der Waals surface area contributed by atoms with E-state index in [0.29, 0.717) is 5.76 Å². The van der Waals surface area contributed by atoms with E-state index in [-0.39, 0.29) is 5.91 Å². The van der Waals surface area contributed by atoms with Crippen molar-refractivity contribution < 1.29 is 9.21 Å². The Morgan fingerprint density at radius 2 is 2.00 bits per heavy atom. The van der Waals surface area contributed by atoms with Crippen LogP contribution in [-0.4, -0.2) is 51.9 Å². The number of hydrogen-bond donors (Lipinski definition) is 1. The number of aromatic nitrogens is 2. The maximum absolute atomic E-state index is 12.2. The average Bonchev–Trinajstić information content (AvgIpc) is 3.29. The number of nitrogens with one attached hydrogen (secondary N) is 1. The smallest absolute Gasteiger partial charge is 0.246 e. The molecule has 3 aromatic rings. The fourth-order valence-electron chi connectivity index (χ4n) is 3.06. The molecule has 1 aromatic carbocycles. The average molecular weight is 336 g/mol. The molecule has 1 amide bonds. The first kappa shape index (κ1) is 15.7. The van der Waals surface area contributed by atoms with Gasteiger partial charge >= 0.3 is 0 Å². The minimum absolute atomic E-state index is 0.0276. The van der Waals surface area contributed by atoms with Crippen molar-refractivity contribution in [1.29, 1.82) is 0 Å². The number of furan rings is 1. The van der Waals surface area contributed by atoms with Crippen LogP contribution in [0.4, 0.5) is 0 Å². The van der Waals surface area contributed by atoms with E-state index in [1.54, 1.807) is 24.5 Å². The highest BCUT2D eigenvalue weighted by Gasteiger charge is 2.20. The summed E-state index contributed by atoms with van der Waals surface area (Å²) < 4.78 is 5.20. The lowest BCUT2D eigenvalue weighted by molar-refractivity contribution is -0.127. The van der Waals surface area contributed by atoms with Gasteiger partial charge in [-0.05, 0) is 30.3 Å². The molecule has 0 radical (unpaired) electrons. The Hall–Kier alpha value is -2.86. The van der Waals surface area contributed by atoms with Crippen LogP contribution in [-0.2, 0) is 11.3 Å². The Kier molecular flexibility index (Phi) is 4.35. The quantitative estimate of drug-likeness (QED) is 0.744. The zero-order valence-corrected chi connectivity index (χ0v) is 13.9. The first-order valence-corrected chi connectivity index (χ1v) is 8.44. The number of para-hydroxylation sites is 2. The third kappa shape index (κ3) is 3.64. The van der Waals surface area contributed by atoms with Crippen molar-refractivity contribution in [3.05, 3.63) is 60.3 Å². The molecule has 2 aromatic heterocycles. The number of amides is 1. The number of carbonyl (C=O) groups is 1. The van der Waals surface area contributed by atoms with Crippen LogP contribution in [0.1, 0.15) is 11.6 Å². The first-order chi connectivity index (χ1) is 12.3. The van der Waals surface area contributed by atoms with Gasteiger partial charge in [-0.1, -0.05) is 12.1 Å². The van der Waals surface area contributed by atoms with Gasteiger partial charge in [0.25, 0.3) is 0 Å². The van der Waals surface area contributed by atoms with Gasteiger partial charge in [0, 0.05) is 32.3 Å². The Labute approximate surface area is 145 Å². The molecule has 128 valence electrons. The topological polar surface area (TPSA) is 65.4 Å². The molecule has 0 atom stereocenters. The Balaban J connectivity index is 1.31. The molecule has 0 aliphatic carbocycles. The Morgan fingerprint density at radius 3 is 2.76 bits per heavy atom. The zero-order valence-electron chi connectivity index (χ0n) is 13.9. The SMILES string of the molecule is O=C(C=Cc1ccco1)N1CCN(Cc2nc3ccccc3[nH]2)CC1. The van der Waals surface area contributed by atoms with Crippen LogP contribution < -0.4 is 0 Å². The standard InChI is InChI=1S/C19H20N4O2/c24-19(8-7-15-4-3-13-25-15)23-11-9-22(10-12-23)14-18-20-16-5-1-2-6-17(16)21-18/h1-8,13H,9-12,14H2,(H,20,21). The van der Waals surface area contributed by atoms with Crippen molar-refractivity contribution in [3.63, 3.8) is 0 Å². The summed E-state index contributed by atoms with van der Waals surface area (Å²) in [7, 11) is 0. The maximum atomic E-state index is 12.2. The monoisotopic (exact) mass is 336 g/mol. The van der Waals surface area contributed by atoms with Gasteiger partial charge in [-0.15, -0.1) is 0 Å². The van der Waals surface area contributed by atoms with Crippen molar-refractivity contribution in [2.75, 3.05) is 26.2 Å². The summed E-state index contributed by atoms with van der Waals surface area (Å²) in [4.78, 5) is 24.4. The molecule has 0 unspecified atom stereocenters. The summed E-state index contributed by atoms with van der Waals surface area (Å²) in [6.45, 7) is 3.91. The number of piperazine rings is 1. The van der Waals surface area contributed by atoms with Crippen LogP contribution >= 0.6 is 0 Å². The summed E-state index contributed by atoms with van der Waals surface area (Å²) in [5, 5.41) is 0. The number of aromatic amines is 1. The lowest BCUT2D eigenvalue weighted by Gasteiger charge is -2.33. The van der Waals surface area contributed by atoms with Gasteiger partial charge < -0.3 is 14.3 Å². The molecular weight excluding hydrogens is 316 g/mol. The minimum atomic E-state index is 0.0276. The third-order valence-electron chi connectivity index (χ3n) is 4.43. The molecule has 1 fully saturated rings. The van der Waals surface area contributed by atoms with Gasteiger partial charge in [-0.25, -0.2) is 4.98 Å². The predicted molar refractivity (Wildman–Crippen MR) is 95.7 cm³/mol. The summed E-state index contributed by atoms with van der Waals surface area (Å²) in [6.07, 6.45) is 4.89. The van der Waals surface area contributed by atoms with Crippen LogP contribution in [0.5, 0.6) is 0 Å². The number of H-pyrrole nitrogens is 1. The molecule has 6 heteroatoms. The second-order valence-electron chi connectivity index (χ2n) is 6.15. The summed E-state index contributed by atoms with van der Waals surface area (Å²) >= 11 is 0.